The van der Waals surface area contributed by atoms with Crippen LogP contribution in [0.4, 0.5) is 0 Å². The Morgan fingerprint density at radius 2 is 1.30 bits per heavy atom. The highest BCUT2D eigenvalue weighted by Crippen LogP contribution is 2.37. The molecule has 1 spiro atoms. The molecule has 2 heterocycles. The van der Waals surface area contributed by atoms with Gasteiger partial charge in [-0.25, -0.2) is 0 Å². The average Bonchev–Trinajstić information content (AvgIpc) is 3.14. The van der Waals surface area contributed by atoms with Crippen molar-refractivity contribution in [2.24, 2.45) is 0 Å². The van der Waals surface area contributed by atoms with Crippen LogP contribution in [0.3, 0.4) is 0 Å². The third-order valence-corrected chi connectivity index (χ3v) is 7.75. The van der Waals surface area contributed by atoms with Crippen LogP contribution < -0.4 is 0 Å². The smallest absolute Gasteiger partial charge is 0.169 e. The largest absolute Gasteiger partial charge is 0.347 e. The Hall–Kier alpha value is -0.900. The topological polar surface area (TPSA) is 18.5 Å². The van der Waals surface area contributed by atoms with Crippen molar-refractivity contribution in [1.29, 1.82) is 0 Å². The number of rotatable bonds is 4. The fourth-order valence-corrected chi connectivity index (χ4v) is 6.11. The second kappa shape index (κ2) is 11.1. The van der Waals surface area contributed by atoms with Gasteiger partial charge in [-0.2, -0.15) is 0 Å². The van der Waals surface area contributed by atoms with Crippen LogP contribution >= 0.6 is 0 Å². The van der Waals surface area contributed by atoms with Gasteiger partial charge in [0, 0.05) is 18.4 Å². The number of hydrogen-bond donors (Lipinski definition) is 0. The molecule has 1 saturated carbocycles. The Morgan fingerprint density at radius 1 is 0.733 bits per heavy atom. The summed E-state index contributed by atoms with van der Waals surface area (Å²) in [4.78, 5) is 0. The molecule has 0 radical (unpaired) electrons. The van der Waals surface area contributed by atoms with Gasteiger partial charge >= 0.3 is 0 Å². The fraction of sp³-hybridized carbons (Fsp3) is 0.778. The van der Waals surface area contributed by atoms with E-state index in [-0.39, 0.29) is 11.9 Å². The summed E-state index contributed by atoms with van der Waals surface area (Å²) >= 11 is 0. The summed E-state index contributed by atoms with van der Waals surface area (Å²) < 4.78 is 14.5. The minimum Gasteiger partial charge on any atom is -0.347 e. The Bertz CT molecular complexity index is 599. The number of ether oxygens (including phenoxy) is 2. The number of quaternary nitrogens is 1. The van der Waals surface area contributed by atoms with E-state index in [4.69, 9.17) is 9.47 Å². The van der Waals surface area contributed by atoms with Crippen molar-refractivity contribution >= 4 is 0 Å². The lowest BCUT2D eigenvalue weighted by Gasteiger charge is -2.43. The van der Waals surface area contributed by atoms with Gasteiger partial charge in [0.1, 0.15) is 19.2 Å². The van der Waals surface area contributed by atoms with Gasteiger partial charge in [-0.05, 0) is 32.1 Å². The molecule has 0 N–H and O–H groups in total. The van der Waals surface area contributed by atoms with Crippen molar-refractivity contribution in [2.45, 2.75) is 108 Å². The molecule has 0 amide bonds. The van der Waals surface area contributed by atoms with Crippen LogP contribution in [0.5, 0.6) is 0 Å². The maximum atomic E-state index is 6.82. The number of likely N-dealkylation sites (tertiary alicyclic amines) is 1. The van der Waals surface area contributed by atoms with E-state index >= 15 is 0 Å². The van der Waals surface area contributed by atoms with E-state index < -0.39 is 0 Å². The van der Waals surface area contributed by atoms with E-state index in [9.17, 15) is 0 Å². The number of hydrogen-bond acceptors (Lipinski definition) is 2. The Morgan fingerprint density at radius 3 is 1.93 bits per heavy atom. The summed E-state index contributed by atoms with van der Waals surface area (Å²) in [7, 11) is 0. The molecular formula is C27H44NO2+. The van der Waals surface area contributed by atoms with Gasteiger partial charge in [0.2, 0.25) is 0 Å². The highest BCUT2D eigenvalue weighted by molar-refractivity contribution is 5.13. The molecule has 1 aromatic rings. The molecule has 0 unspecified atom stereocenters. The maximum absolute atomic E-state index is 6.82. The molecule has 3 aliphatic rings. The average molecular weight is 415 g/mol. The number of piperidine rings is 1. The van der Waals surface area contributed by atoms with E-state index in [1.54, 1.807) is 0 Å². The van der Waals surface area contributed by atoms with Gasteiger partial charge in [-0.3, -0.25) is 0 Å². The molecule has 1 aliphatic carbocycles. The normalized spacial score (nSPS) is 27.9. The molecule has 3 fully saturated rings. The Balaban J connectivity index is 1.39. The number of benzene rings is 1. The molecule has 0 aromatic heterocycles. The molecule has 1 aromatic carbocycles. The van der Waals surface area contributed by atoms with Crippen molar-refractivity contribution in [3.8, 4) is 0 Å². The number of nitrogens with zero attached hydrogens (tertiary/aromatic N) is 1. The second-order valence-electron chi connectivity index (χ2n) is 10.3. The van der Waals surface area contributed by atoms with Gasteiger partial charge in [-0.15, -0.1) is 0 Å². The first-order valence-corrected chi connectivity index (χ1v) is 13.0. The van der Waals surface area contributed by atoms with Crippen LogP contribution in [-0.4, -0.2) is 42.6 Å². The highest BCUT2D eigenvalue weighted by Gasteiger charge is 2.44. The molecule has 1 atom stereocenters. The van der Waals surface area contributed by atoms with Gasteiger partial charge in [0.05, 0.1) is 19.7 Å². The van der Waals surface area contributed by atoms with Gasteiger partial charge in [0.15, 0.2) is 5.79 Å². The standard InChI is InChI=1S/C27H44NO2/c1-2-4-6-12-18-27(19-13-7-5-3-1)29-24-26(30-27)23-28(20-14-9-15-21-28)22-25-16-10-8-11-17-25/h8,10-11,16-17,26H,1-7,9,12-15,18-24H2/q+1/t26-/m1/s1. The first kappa shape index (κ1) is 22.3. The van der Waals surface area contributed by atoms with Crippen molar-refractivity contribution in [3.63, 3.8) is 0 Å². The Kier molecular flexibility index (Phi) is 8.26. The maximum Gasteiger partial charge on any atom is 0.169 e. The zero-order valence-corrected chi connectivity index (χ0v) is 19.2. The summed E-state index contributed by atoms with van der Waals surface area (Å²) in [5, 5.41) is 0. The van der Waals surface area contributed by atoms with E-state index in [2.05, 4.69) is 30.3 Å². The van der Waals surface area contributed by atoms with Crippen molar-refractivity contribution in [3.05, 3.63) is 35.9 Å². The van der Waals surface area contributed by atoms with E-state index in [1.165, 1.54) is 100 Å². The molecule has 3 heteroatoms. The summed E-state index contributed by atoms with van der Waals surface area (Å²) in [5.41, 5.74) is 1.47. The van der Waals surface area contributed by atoms with Crippen LogP contribution in [0.2, 0.25) is 0 Å². The van der Waals surface area contributed by atoms with E-state index in [1.807, 2.05) is 0 Å². The summed E-state index contributed by atoms with van der Waals surface area (Å²) in [6, 6.07) is 11.1. The first-order valence-electron chi connectivity index (χ1n) is 13.0. The van der Waals surface area contributed by atoms with Crippen LogP contribution in [-0.2, 0) is 16.0 Å². The molecule has 2 aliphatic heterocycles. The predicted octanol–water partition coefficient (Wildman–Crippen LogP) is 6.60. The summed E-state index contributed by atoms with van der Waals surface area (Å²) in [5.74, 6) is -0.281. The highest BCUT2D eigenvalue weighted by atomic mass is 16.7. The molecule has 4 rings (SSSR count). The zero-order chi connectivity index (χ0) is 20.5. The second-order valence-corrected chi connectivity index (χ2v) is 10.3. The minimum absolute atomic E-state index is 0.264. The van der Waals surface area contributed by atoms with E-state index in [0.717, 1.165) is 32.5 Å². The third-order valence-electron chi connectivity index (χ3n) is 7.75. The summed E-state index contributed by atoms with van der Waals surface area (Å²) in [6.45, 7) is 5.66. The van der Waals surface area contributed by atoms with Crippen molar-refractivity contribution < 1.29 is 14.0 Å². The van der Waals surface area contributed by atoms with Crippen molar-refractivity contribution in [1.82, 2.24) is 0 Å². The van der Waals surface area contributed by atoms with Gasteiger partial charge < -0.3 is 14.0 Å². The molecule has 2 saturated heterocycles. The lowest BCUT2D eigenvalue weighted by Crippen LogP contribution is -2.55. The van der Waals surface area contributed by atoms with Crippen LogP contribution in [0.15, 0.2) is 30.3 Å². The lowest BCUT2D eigenvalue weighted by molar-refractivity contribution is -0.947. The van der Waals surface area contributed by atoms with E-state index in [0.29, 0.717) is 0 Å². The predicted molar refractivity (Wildman–Crippen MR) is 123 cm³/mol. The van der Waals surface area contributed by atoms with Crippen LogP contribution in [0.1, 0.15) is 95.5 Å². The van der Waals surface area contributed by atoms with Gasteiger partial charge in [-0.1, -0.05) is 75.3 Å². The third kappa shape index (κ3) is 6.31. The SMILES string of the molecule is c1ccc(C[N+]2(C[C@@H]3COC4(CCCCCCCCCCC4)O3)CCCCC2)cc1. The van der Waals surface area contributed by atoms with Gasteiger partial charge in [0.25, 0.3) is 0 Å². The molecule has 0 bridgehead atoms. The zero-order valence-electron chi connectivity index (χ0n) is 19.2. The molecule has 3 nitrogen and oxygen atoms in total. The van der Waals surface area contributed by atoms with Crippen molar-refractivity contribution in [2.75, 3.05) is 26.2 Å². The monoisotopic (exact) mass is 414 g/mol. The Labute approximate surface area is 184 Å². The first-order chi connectivity index (χ1) is 14.8. The summed E-state index contributed by atoms with van der Waals surface area (Å²) in [6.07, 6.45) is 18.8. The molecular weight excluding hydrogens is 370 g/mol. The van der Waals surface area contributed by atoms with Crippen LogP contribution in [0.25, 0.3) is 0 Å². The quantitative estimate of drug-likeness (QED) is 0.517. The fourth-order valence-electron chi connectivity index (χ4n) is 6.11. The molecule has 30 heavy (non-hydrogen) atoms. The lowest BCUT2D eigenvalue weighted by atomic mass is 9.97. The van der Waals surface area contributed by atoms with Crippen LogP contribution in [0, 0.1) is 0 Å². The molecule has 168 valence electrons. The minimum atomic E-state index is -0.281.